The van der Waals surface area contributed by atoms with E-state index >= 15 is 0 Å². The van der Waals surface area contributed by atoms with Gasteiger partial charge in [0.1, 0.15) is 0 Å². The Balaban J connectivity index is 1.80. The van der Waals surface area contributed by atoms with Gasteiger partial charge in [0, 0.05) is 24.6 Å². The van der Waals surface area contributed by atoms with Gasteiger partial charge in [-0.3, -0.25) is 0 Å². The van der Waals surface area contributed by atoms with Gasteiger partial charge in [0.25, 0.3) is 0 Å². The predicted octanol–water partition coefficient (Wildman–Crippen LogP) is 2.90. The third-order valence-corrected chi connectivity index (χ3v) is 4.37. The molecular formula is C19H20N4O. The number of para-hydroxylation sites is 1. The second kappa shape index (κ2) is 6.55. The van der Waals surface area contributed by atoms with Crippen LogP contribution in [0.3, 0.4) is 0 Å². The first-order chi connectivity index (χ1) is 11.8. The highest BCUT2D eigenvalue weighted by molar-refractivity contribution is 5.58. The van der Waals surface area contributed by atoms with Crippen molar-refractivity contribution in [3.63, 3.8) is 0 Å². The molecule has 0 bridgehead atoms. The van der Waals surface area contributed by atoms with Gasteiger partial charge in [-0.2, -0.15) is 5.10 Å². The topological polar surface area (TPSA) is 66.0 Å². The van der Waals surface area contributed by atoms with Crippen LogP contribution in [0.4, 0.5) is 0 Å². The van der Waals surface area contributed by atoms with Crippen LogP contribution in [0, 0.1) is 0 Å². The van der Waals surface area contributed by atoms with E-state index in [0.717, 1.165) is 41.5 Å². The number of nitrogens with zero attached hydrogens (tertiary/aromatic N) is 3. The Hall–Kier alpha value is -2.50. The molecule has 1 saturated heterocycles. The van der Waals surface area contributed by atoms with Crippen LogP contribution in [0.2, 0.25) is 0 Å². The maximum Gasteiger partial charge on any atom is 0.163 e. The van der Waals surface area contributed by atoms with Crippen molar-refractivity contribution in [1.82, 2.24) is 14.8 Å². The van der Waals surface area contributed by atoms with E-state index in [-0.39, 0.29) is 5.92 Å². The van der Waals surface area contributed by atoms with E-state index in [1.807, 2.05) is 47.1 Å². The lowest BCUT2D eigenvalue weighted by atomic mass is 10.1. The van der Waals surface area contributed by atoms with Crippen LogP contribution < -0.4 is 5.73 Å². The molecule has 1 aliphatic rings. The Kier molecular flexibility index (Phi) is 4.11. The fourth-order valence-corrected chi connectivity index (χ4v) is 2.97. The number of aromatic nitrogens is 3. The van der Waals surface area contributed by atoms with E-state index in [1.54, 1.807) is 0 Å². The van der Waals surface area contributed by atoms with Crippen LogP contribution in [0.1, 0.15) is 23.7 Å². The molecule has 5 nitrogen and oxygen atoms in total. The van der Waals surface area contributed by atoms with Gasteiger partial charge in [0.05, 0.1) is 12.3 Å². The van der Waals surface area contributed by atoms with E-state index in [4.69, 9.17) is 20.6 Å². The maximum absolute atomic E-state index is 5.70. The monoisotopic (exact) mass is 320 g/mol. The van der Waals surface area contributed by atoms with Crippen molar-refractivity contribution in [2.24, 2.45) is 5.73 Å². The molecule has 2 heterocycles. The first kappa shape index (κ1) is 15.1. The average Bonchev–Trinajstić information content (AvgIpc) is 3.32. The third-order valence-electron chi connectivity index (χ3n) is 4.37. The Labute approximate surface area is 141 Å². The van der Waals surface area contributed by atoms with E-state index in [0.29, 0.717) is 13.2 Å². The van der Waals surface area contributed by atoms with E-state index in [9.17, 15) is 0 Å². The van der Waals surface area contributed by atoms with E-state index < -0.39 is 0 Å². The number of hydrogen-bond acceptors (Lipinski definition) is 4. The standard InChI is InChI=1S/C19H20N4O/c20-12-14-6-8-15(9-7-14)19-21-18(16-10-11-24-13-16)22-23(19)17-4-2-1-3-5-17/h1-9,16H,10-13,20H2/t16-/m1/s1. The highest BCUT2D eigenvalue weighted by atomic mass is 16.5. The summed E-state index contributed by atoms with van der Waals surface area (Å²) in [6.45, 7) is 2.02. The third kappa shape index (κ3) is 2.84. The van der Waals surface area contributed by atoms with Gasteiger partial charge in [0.15, 0.2) is 11.6 Å². The fraction of sp³-hybridized carbons (Fsp3) is 0.263. The molecule has 0 aliphatic carbocycles. The quantitative estimate of drug-likeness (QED) is 0.803. The van der Waals surface area contributed by atoms with Crippen molar-refractivity contribution in [3.05, 3.63) is 66.0 Å². The molecule has 1 atom stereocenters. The first-order valence-electron chi connectivity index (χ1n) is 8.24. The highest BCUT2D eigenvalue weighted by Crippen LogP contribution is 2.27. The van der Waals surface area contributed by atoms with Crippen LogP contribution in [0.25, 0.3) is 17.1 Å². The zero-order valence-corrected chi connectivity index (χ0v) is 13.4. The van der Waals surface area contributed by atoms with Crippen molar-refractivity contribution < 1.29 is 4.74 Å². The summed E-state index contributed by atoms with van der Waals surface area (Å²) in [5.41, 5.74) is 8.85. The molecule has 122 valence electrons. The van der Waals surface area contributed by atoms with Crippen molar-refractivity contribution in [2.45, 2.75) is 18.9 Å². The Morgan fingerprint density at radius 1 is 1.08 bits per heavy atom. The van der Waals surface area contributed by atoms with Crippen molar-refractivity contribution in [1.29, 1.82) is 0 Å². The number of rotatable bonds is 4. The minimum absolute atomic E-state index is 0.275. The molecule has 1 fully saturated rings. The Morgan fingerprint density at radius 3 is 2.54 bits per heavy atom. The zero-order valence-electron chi connectivity index (χ0n) is 13.4. The molecule has 0 amide bonds. The van der Waals surface area contributed by atoms with Crippen LogP contribution in [-0.4, -0.2) is 28.0 Å². The summed E-state index contributed by atoms with van der Waals surface area (Å²) in [6.07, 6.45) is 0.977. The highest BCUT2D eigenvalue weighted by Gasteiger charge is 2.24. The second-order valence-electron chi connectivity index (χ2n) is 6.00. The van der Waals surface area contributed by atoms with Gasteiger partial charge in [-0.1, -0.05) is 42.5 Å². The number of hydrogen-bond donors (Lipinski definition) is 1. The predicted molar refractivity (Wildman–Crippen MR) is 92.9 cm³/mol. The van der Waals surface area contributed by atoms with Crippen molar-refractivity contribution in [2.75, 3.05) is 13.2 Å². The van der Waals surface area contributed by atoms with E-state index in [1.165, 1.54) is 0 Å². The van der Waals surface area contributed by atoms with Gasteiger partial charge in [0.2, 0.25) is 0 Å². The van der Waals surface area contributed by atoms with Gasteiger partial charge >= 0.3 is 0 Å². The van der Waals surface area contributed by atoms with Crippen LogP contribution in [0.5, 0.6) is 0 Å². The minimum atomic E-state index is 0.275. The molecule has 1 aromatic heterocycles. The average molecular weight is 320 g/mol. The number of nitrogens with two attached hydrogens (primary N) is 1. The second-order valence-corrected chi connectivity index (χ2v) is 6.00. The van der Waals surface area contributed by atoms with Crippen LogP contribution >= 0.6 is 0 Å². The lowest BCUT2D eigenvalue weighted by Gasteiger charge is -2.06. The molecule has 4 rings (SSSR count). The molecular weight excluding hydrogens is 300 g/mol. The normalized spacial score (nSPS) is 17.3. The fourth-order valence-electron chi connectivity index (χ4n) is 2.97. The first-order valence-corrected chi connectivity index (χ1v) is 8.24. The summed E-state index contributed by atoms with van der Waals surface area (Å²) in [4.78, 5) is 4.83. The molecule has 0 spiro atoms. The maximum atomic E-state index is 5.70. The SMILES string of the molecule is NCc1ccc(-c2nc([C@@H]3CCOC3)nn2-c2ccccc2)cc1. The molecule has 2 N–H and O–H groups in total. The molecule has 0 radical (unpaired) electrons. The lowest BCUT2D eigenvalue weighted by molar-refractivity contribution is 0.193. The summed E-state index contributed by atoms with van der Waals surface area (Å²) < 4.78 is 7.42. The number of benzene rings is 2. The summed E-state index contributed by atoms with van der Waals surface area (Å²) in [5.74, 6) is 1.98. The Bertz CT molecular complexity index is 805. The minimum Gasteiger partial charge on any atom is -0.381 e. The summed E-state index contributed by atoms with van der Waals surface area (Å²) >= 11 is 0. The van der Waals surface area contributed by atoms with Gasteiger partial charge in [-0.25, -0.2) is 9.67 Å². The molecule has 2 aromatic carbocycles. The van der Waals surface area contributed by atoms with Gasteiger partial charge < -0.3 is 10.5 Å². The Morgan fingerprint density at radius 2 is 1.88 bits per heavy atom. The lowest BCUT2D eigenvalue weighted by Crippen LogP contribution is -2.02. The molecule has 1 aliphatic heterocycles. The molecule has 3 aromatic rings. The number of ether oxygens (including phenoxy) is 1. The largest absolute Gasteiger partial charge is 0.381 e. The van der Waals surface area contributed by atoms with Crippen molar-refractivity contribution in [3.8, 4) is 17.1 Å². The van der Waals surface area contributed by atoms with Crippen LogP contribution in [-0.2, 0) is 11.3 Å². The summed E-state index contributed by atoms with van der Waals surface area (Å²) in [7, 11) is 0. The zero-order chi connectivity index (χ0) is 16.4. The van der Waals surface area contributed by atoms with Crippen molar-refractivity contribution >= 4 is 0 Å². The van der Waals surface area contributed by atoms with Gasteiger partial charge in [-0.05, 0) is 24.1 Å². The smallest absolute Gasteiger partial charge is 0.163 e. The van der Waals surface area contributed by atoms with Gasteiger partial charge in [-0.15, -0.1) is 0 Å². The molecule has 0 unspecified atom stereocenters. The van der Waals surface area contributed by atoms with Crippen LogP contribution in [0.15, 0.2) is 54.6 Å². The molecule has 5 heteroatoms. The molecule has 24 heavy (non-hydrogen) atoms. The summed E-state index contributed by atoms with van der Waals surface area (Å²) in [5, 5.41) is 4.78. The van der Waals surface area contributed by atoms with E-state index in [2.05, 4.69) is 12.1 Å². The molecule has 0 saturated carbocycles. The summed E-state index contributed by atoms with van der Waals surface area (Å²) in [6, 6.07) is 18.3.